The molecule has 1 aliphatic heterocycles. The molecule has 0 aromatic carbocycles. The van der Waals surface area contributed by atoms with Crippen LogP contribution in [0.4, 0.5) is 0 Å². The number of aliphatic imine (C=N–C) groups is 2. The van der Waals surface area contributed by atoms with Gasteiger partial charge in [0.15, 0.2) is 0 Å². The first kappa shape index (κ1) is 7.16. The average molecular weight is 159 g/mol. The molecule has 1 aliphatic rings. The molecule has 2 heterocycles. The third-order valence-electron chi connectivity index (χ3n) is 1.70. The molecule has 0 fully saturated rings. The summed E-state index contributed by atoms with van der Waals surface area (Å²) in [6.07, 6.45) is 6.10. The van der Waals surface area contributed by atoms with Gasteiger partial charge in [-0.3, -0.25) is 15.0 Å². The lowest BCUT2D eigenvalue weighted by molar-refractivity contribution is 0.711. The summed E-state index contributed by atoms with van der Waals surface area (Å²) < 4.78 is 0. The number of nitrogens with zero attached hydrogens (tertiary/aromatic N) is 3. The van der Waals surface area contributed by atoms with Gasteiger partial charge < -0.3 is 0 Å². The second kappa shape index (κ2) is 3.26. The molecule has 0 radical (unpaired) electrons. The number of hydrogen-bond acceptors (Lipinski definition) is 3. The van der Waals surface area contributed by atoms with Crippen molar-refractivity contribution in [2.45, 2.75) is 12.6 Å². The molecule has 0 saturated carbocycles. The van der Waals surface area contributed by atoms with E-state index in [4.69, 9.17) is 0 Å². The molecule has 1 aromatic heterocycles. The molecule has 0 atom stereocenters. The zero-order chi connectivity index (χ0) is 8.23. The Balaban J connectivity index is 2.04. The lowest BCUT2D eigenvalue weighted by Crippen LogP contribution is -2.03. The highest BCUT2D eigenvalue weighted by molar-refractivity contribution is 6.17. The van der Waals surface area contributed by atoms with Crippen molar-refractivity contribution in [2.75, 3.05) is 0 Å². The van der Waals surface area contributed by atoms with Crippen LogP contribution in [0.15, 0.2) is 34.4 Å². The molecule has 2 rings (SSSR count). The van der Waals surface area contributed by atoms with Gasteiger partial charge in [0.05, 0.1) is 0 Å². The third kappa shape index (κ3) is 1.56. The van der Waals surface area contributed by atoms with Crippen molar-refractivity contribution >= 4 is 12.4 Å². The lowest BCUT2D eigenvalue weighted by atomic mass is 10.2. The van der Waals surface area contributed by atoms with Gasteiger partial charge in [-0.1, -0.05) is 6.07 Å². The molecule has 0 aliphatic carbocycles. The molecule has 0 amide bonds. The molecule has 60 valence electrons. The fourth-order valence-electron chi connectivity index (χ4n) is 1.13. The van der Waals surface area contributed by atoms with Gasteiger partial charge in [-0.2, -0.15) is 0 Å². The van der Waals surface area contributed by atoms with Gasteiger partial charge in [0.2, 0.25) is 0 Å². The summed E-state index contributed by atoms with van der Waals surface area (Å²) >= 11 is 0. The Bertz CT molecular complexity index is 291. The van der Waals surface area contributed by atoms with E-state index in [2.05, 4.69) is 15.0 Å². The molecule has 0 bridgehead atoms. The second-order valence-electron chi connectivity index (χ2n) is 2.60. The molecule has 0 spiro atoms. The highest BCUT2D eigenvalue weighted by Gasteiger charge is 2.06. The van der Waals surface area contributed by atoms with Gasteiger partial charge in [0, 0.05) is 30.7 Å². The van der Waals surface area contributed by atoms with E-state index >= 15 is 0 Å². The smallest absolute Gasteiger partial charge is 0.145 e. The summed E-state index contributed by atoms with van der Waals surface area (Å²) in [5.41, 5.74) is 1.04. The predicted octanol–water partition coefficient (Wildman–Crippen LogP) is 1.11. The van der Waals surface area contributed by atoms with Crippen molar-refractivity contribution in [3.63, 3.8) is 0 Å². The summed E-state index contributed by atoms with van der Waals surface area (Å²) in [4.78, 5) is 12.5. The highest BCUT2D eigenvalue weighted by Crippen LogP contribution is 2.05. The third-order valence-corrected chi connectivity index (χ3v) is 1.70. The first-order valence-corrected chi connectivity index (χ1v) is 3.90. The van der Waals surface area contributed by atoms with Crippen LogP contribution in [0, 0.1) is 0 Å². The molecule has 3 heteroatoms. The minimum atomic E-state index is 0.0555. The molecule has 0 saturated heterocycles. The maximum absolute atomic E-state index is 4.19. The minimum Gasteiger partial charge on any atom is -0.264 e. The van der Waals surface area contributed by atoms with Crippen molar-refractivity contribution in [2.24, 2.45) is 9.98 Å². The Morgan fingerprint density at radius 1 is 1.17 bits per heavy atom. The maximum atomic E-state index is 4.19. The van der Waals surface area contributed by atoms with Gasteiger partial charge in [-0.05, 0) is 12.1 Å². The second-order valence-corrected chi connectivity index (χ2v) is 2.60. The maximum Gasteiger partial charge on any atom is 0.145 e. The Morgan fingerprint density at radius 2 is 2.00 bits per heavy atom. The molecular formula is C9H9N3. The summed E-state index contributed by atoms with van der Waals surface area (Å²) in [6.45, 7) is 0. The minimum absolute atomic E-state index is 0.0555. The SMILES string of the molecule is C1=NC(Cc2ccccn2)N=C1. The summed E-state index contributed by atoms with van der Waals surface area (Å²) in [5, 5.41) is 0. The van der Waals surface area contributed by atoms with Gasteiger partial charge in [-0.25, -0.2) is 0 Å². The quantitative estimate of drug-likeness (QED) is 0.636. The Labute approximate surface area is 70.9 Å². The normalized spacial score (nSPS) is 15.7. The van der Waals surface area contributed by atoms with Crippen molar-refractivity contribution in [1.82, 2.24) is 4.98 Å². The zero-order valence-electron chi connectivity index (χ0n) is 6.59. The summed E-state index contributed by atoms with van der Waals surface area (Å²) in [5.74, 6) is 0. The topological polar surface area (TPSA) is 37.6 Å². The highest BCUT2D eigenvalue weighted by atomic mass is 15.0. The number of pyridine rings is 1. The number of rotatable bonds is 2. The molecule has 0 unspecified atom stereocenters. The van der Waals surface area contributed by atoms with E-state index in [0.717, 1.165) is 12.1 Å². The van der Waals surface area contributed by atoms with E-state index in [1.54, 1.807) is 18.6 Å². The van der Waals surface area contributed by atoms with Crippen LogP contribution in [-0.2, 0) is 6.42 Å². The predicted molar refractivity (Wildman–Crippen MR) is 48.7 cm³/mol. The fourth-order valence-corrected chi connectivity index (χ4v) is 1.13. The van der Waals surface area contributed by atoms with Crippen LogP contribution < -0.4 is 0 Å². The van der Waals surface area contributed by atoms with E-state index in [1.165, 1.54) is 0 Å². The van der Waals surface area contributed by atoms with Gasteiger partial charge >= 0.3 is 0 Å². The fraction of sp³-hybridized carbons (Fsp3) is 0.222. The standard InChI is InChI=1S/C9H9N3/c1-2-4-10-8(3-1)7-9-11-5-6-12-9/h1-6,9H,7H2. The van der Waals surface area contributed by atoms with Crippen LogP contribution in [-0.4, -0.2) is 23.6 Å². The van der Waals surface area contributed by atoms with Crippen LogP contribution in [0.1, 0.15) is 5.69 Å². The van der Waals surface area contributed by atoms with Crippen LogP contribution in [0.5, 0.6) is 0 Å². The summed E-state index contributed by atoms with van der Waals surface area (Å²) in [6, 6.07) is 5.87. The Morgan fingerprint density at radius 3 is 2.67 bits per heavy atom. The first-order valence-electron chi connectivity index (χ1n) is 3.90. The van der Waals surface area contributed by atoms with Gasteiger partial charge in [0.1, 0.15) is 6.17 Å². The van der Waals surface area contributed by atoms with E-state index in [9.17, 15) is 0 Å². The van der Waals surface area contributed by atoms with Crippen molar-refractivity contribution in [1.29, 1.82) is 0 Å². The molecule has 1 aromatic rings. The van der Waals surface area contributed by atoms with Crippen LogP contribution in [0.2, 0.25) is 0 Å². The van der Waals surface area contributed by atoms with Crippen LogP contribution in [0.25, 0.3) is 0 Å². The number of aromatic nitrogens is 1. The average Bonchev–Trinajstić information content (AvgIpc) is 2.59. The van der Waals surface area contributed by atoms with E-state index in [1.807, 2.05) is 18.2 Å². The largest absolute Gasteiger partial charge is 0.264 e. The van der Waals surface area contributed by atoms with Gasteiger partial charge in [0.25, 0.3) is 0 Å². The summed E-state index contributed by atoms with van der Waals surface area (Å²) in [7, 11) is 0. The first-order chi connectivity index (χ1) is 5.95. The zero-order valence-corrected chi connectivity index (χ0v) is 6.59. The lowest BCUT2D eigenvalue weighted by Gasteiger charge is -2.01. The monoisotopic (exact) mass is 159 g/mol. The number of hydrogen-bond donors (Lipinski definition) is 0. The molecule has 12 heavy (non-hydrogen) atoms. The molecular weight excluding hydrogens is 150 g/mol. The van der Waals surface area contributed by atoms with E-state index in [0.29, 0.717) is 0 Å². The van der Waals surface area contributed by atoms with Crippen molar-refractivity contribution < 1.29 is 0 Å². The van der Waals surface area contributed by atoms with Crippen molar-refractivity contribution in [3.05, 3.63) is 30.1 Å². The Kier molecular flexibility index (Phi) is 1.94. The van der Waals surface area contributed by atoms with E-state index < -0.39 is 0 Å². The van der Waals surface area contributed by atoms with Crippen LogP contribution in [0.3, 0.4) is 0 Å². The van der Waals surface area contributed by atoms with E-state index in [-0.39, 0.29) is 6.17 Å². The molecule has 3 nitrogen and oxygen atoms in total. The van der Waals surface area contributed by atoms with Crippen LogP contribution >= 0.6 is 0 Å². The van der Waals surface area contributed by atoms with Gasteiger partial charge in [-0.15, -0.1) is 0 Å². The van der Waals surface area contributed by atoms with Crippen molar-refractivity contribution in [3.8, 4) is 0 Å². The molecule has 0 N–H and O–H groups in total. The Hall–Kier alpha value is -1.51.